The molecular weight excluding hydrogens is 172 g/mol. The minimum Gasteiger partial charge on any atom is -0.298 e. The van der Waals surface area contributed by atoms with Gasteiger partial charge in [-0.05, 0) is 36.8 Å². The number of aldehydes is 1. The lowest BCUT2D eigenvalue weighted by Crippen LogP contribution is -1.95. The average molecular weight is 186 g/mol. The molecule has 0 saturated carbocycles. The summed E-state index contributed by atoms with van der Waals surface area (Å²) in [5.74, 6) is 0. The molecule has 0 N–H and O–H groups in total. The van der Waals surface area contributed by atoms with E-state index in [0.29, 0.717) is 0 Å². The van der Waals surface area contributed by atoms with Gasteiger partial charge in [0.1, 0.15) is 0 Å². The summed E-state index contributed by atoms with van der Waals surface area (Å²) in [6, 6.07) is 7.84. The van der Waals surface area contributed by atoms with Gasteiger partial charge in [-0.15, -0.1) is 0 Å². The Labute approximate surface area is 84.5 Å². The van der Waals surface area contributed by atoms with Crippen molar-refractivity contribution in [2.45, 2.75) is 25.7 Å². The molecule has 1 aliphatic carbocycles. The number of carbonyl (C=O) groups excluding carboxylic acids is 1. The van der Waals surface area contributed by atoms with Crippen LogP contribution in [0.1, 0.15) is 41.6 Å². The Hall–Kier alpha value is -1.37. The Morgan fingerprint density at radius 3 is 2.71 bits per heavy atom. The molecule has 0 amide bonds. The van der Waals surface area contributed by atoms with Crippen molar-refractivity contribution in [3.8, 4) is 0 Å². The molecule has 1 heteroatoms. The van der Waals surface area contributed by atoms with E-state index in [-0.39, 0.29) is 0 Å². The standard InChI is InChI=1S/C13H14O/c14-10-12-8-4-5-9-13(12)11-6-2-1-3-7-11/h4-6,8-10H,1-3,7H2. The van der Waals surface area contributed by atoms with E-state index in [9.17, 15) is 4.79 Å². The van der Waals surface area contributed by atoms with Crippen molar-refractivity contribution in [2.24, 2.45) is 0 Å². The maximum Gasteiger partial charge on any atom is 0.150 e. The van der Waals surface area contributed by atoms with E-state index in [1.54, 1.807) is 0 Å². The van der Waals surface area contributed by atoms with Crippen LogP contribution in [-0.4, -0.2) is 6.29 Å². The van der Waals surface area contributed by atoms with Crippen molar-refractivity contribution >= 4 is 11.9 Å². The SMILES string of the molecule is O=Cc1ccccc1C1=CCCCC1. The van der Waals surface area contributed by atoms with Crippen molar-refractivity contribution in [1.29, 1.82) is 0 Å². The van der Waals surface area contributed by atoms with E-state index in [1.165, 1.54) is 18.4 Å². The van der Waals surface area contributed by atoms with Crippen molar-refractivity contribution in [2.75, 3.05) is 0 Å². The third-order valence-electron chi connectivity index (χ3n) is 2.72. The molecule has 2 rings (SSSR count). The zero-order valence-corrected chi connectivity index (χ0v) is 8.20. The summed E-state index contributed by atoms with van der Waals surface area (Å²) in [6.07, 6.45) is 8.02. The average Bonchev–Trinajstić information content (AvgIpc) is 2.30. The quantitative estimate of drug-likeness (QED) is 0.646. The lowest BCUT2D eigenvalue weighted by molar-refractivity contribution is 0.112. The van der Waals surface area contributed by atoms with E-state index in [1.807, 2.05) is 24.3 Å². The van der Waals surface area contributed by atoms with Crippen molar-refractivity contribution < 1.29 is 4.79 Å². The Morgan fingerprint density at radius 2 is 2.00 bits per heavy atom. The van der Waals surface area contributed by atoms with Gasteiger partial charge in [-0.2, -0.15) is 0 Å². The summed E-state index contributed by atoms with van der Waals surface area (Å²) in [5, 5.41) is 0. The monoisotopic (exact) mass is 186 g/mol. The molecule has 0 fully saturated rings. The maximum atomic E-state index is 10.8. The molecule has 0 bridgehead atoms. The topological polar surface area (TPSA) is 17.1 Å². The van der Waals surface area contributed by atoms with Gasteiger partial charge in [0.05, 0.1) is 0 Å². The molecule has 1 nitrogen and oxygen atoms in total. The van der Waals surface area contributed by atoms with Crippen molar-refractivity contribution in [3.05, 3.63) is 41.5 Å². The highest BCUT2D eigenvalue weighted by Gasteiger charge is 2.08. The lowest BCUT2D eigenvalue weighted by Gasteiger charge is -2.14. The Kier molecular flexibility index (Phi) is 2.78. The highest BCUT2D eigenvalue weighted by molar-refractivity contribution is 5.85. The predicted octanol–water partition coefficient (Wildman–Crippen LogP) is 3.46. The maximum absolute atomic E-state index is 10.8. The van der Waals surface area contributed by atoms with Crippen LogP contribution in [0, 0.1) is 0 Å². The molecule has 0 aliphatic heterocycles. The third-order valence-corrected chi connectivity index (χ3v) is 2.72. The van der Waals surface area contributed by atoms with Gasteiger partial charge in [0.15, 0.2) is 6.29 Å². The van der Waals surface area contributed by atoms with Gasteiger partial charge < -0.3 is 0 Å². The molecule has 72 valence electrons. The van der Waals surface area contributed by atoms with Gasteiger partial charge in [0, 0.05) is 5.56 Å². The van der Waals surface area contributed by atoms with Gasteiger partial charge in [-0.1, -0.05) is 30.3 Å². The zero-order valence-electron chi connectivity index (χ0n) is 8.20. The molecule has 0 spiro atoms. The number of allylic oxidation sites excluding steroid dienone is 2. The predicted molar refractivity (Wildman–Crippen MR) is 58.3 cm³/mol. The summed E-state index contributed by atoms with van der Waals surface area (Å²) in [7, 11) is 0. The summed E-state index contributed by atoms with van der Waals surface area (Å²) < 4.78 is 0. The fourth-order valence-corrected chi connectivity index (χ4v) is 1.97. The van der Waals surface area contributed by atoms with Crippen LogP contribution in [0.2, 0.25) is 0 Å². The highest BCUT2D eigenvalue weighted by Crippen LogP contribution is 2.28. The number of rotatable bonds is 2. The molecule has 0 unspecified atom stereocenters. The minimum absolute atomic E-state index is 0.820. The first-order valence-corrected chi connectivity index (χ1v) is 5.15. The fourth-order valence-electron chi connectivity index (χ4n) is 1.97. The van der Waals surface area contributed by atoms with E-state index in [0.717, 1.165) is 30.3 Å². The summed E-state index contributed by atoms with van der Waals surface area (Å²) in [6.45, 7) is 0. The van der Waals surface area contributed by atoms with E-state index in [2.05, 4.69) is 6.08 Å². The highest BCUT2D eigenvalue weighted by atomic mass is 16.1. The van der Waals surface area contributed by atoms with Gasteiger partial charge in [0.2, 0.25) is 0 Å². The van der Waals surface area contributed by atoms with Gasteiger partial charge in [-0.3, -0.25) is 4.79 Å². The largest absolute Gasteiger partial charge is 0.298 e. The van der Waals surface area contributed by atoms with Crippen LogP contribution < -0.4 is 0 Å². The minimum atomic E-state index is 0.820. The molecule has 0 radical (unpaired) electrons. The van der Waals surface area contributed by atoms with Crippen LogP contribution in [0.5, 0.6) is 0 Å². The first-order valence-electron chi connectivity index (χ1n) is 5.15. The zero-order chi connectivity index (χ0) is 9.80. The molecule has 1 aromatic carbocycles. The van der Waals surface area contributed by atoms with Crippen LogP contribution in [0.4, 0.5) is 0 Å². The number of hydrogen-bond donors (Lipinski definition) is 0. The molecule has 0 aromatic heterocycles. The summed E-state index contributed by atoms with van der Waals surface area (Å²) in [4.78, 5) is 10.8. The fraction of sp³-hybridized carbons (Fsp3) is 0.308. The van der Waals surface area contributed by atoms with Gasteiger partial charge in [-0.25, -0.2) is 0 Å². The lowest BCUT2D eigenvalue weighted by atomic mass is 9.91. The van der Waals surface area contributed by atoms with Crippen LogP contribution >= 0.6 is 0 Å². The van der Waals surface area contributed by atoms with Gasteiger partial charge in [0.25, 0.3) is 0 Å². The van der Waals surface area contributed by atoms with E-state index in [4.69, 9.17) is 0 Å². The molecule has 1 aliphatic rings. The normalized spacial score (nSPS) is 16.1. The van der Waals surface area contributed by atoms with Crippen molar-refractivity contribution in [3.63, 3.8) is 0 Å². The summed E-state index contributed by atoms with van der Waals surface area (Å²) in [5.41, 5.74) is 3.29. The smallest absolute Gasteiger partial charge is 0.150 e. The Morgan fingerprint density at radius 1 is 1.14 bits per heavy atom. The second-order valence-corrected chi connectivity index (χ2v) is 3.68. The second-order valence-electron chi connectivity index (χ2n) is 3.68. The van der Waals surface area contributed by atoms with Crippen LogP contribution in [0.3, 0.4) is 0 Å². The number of hydrogen-bond acceptors (Lipinski definition) is 1. The third kappa shape index (κ3) is 1.77. The molecule has 14 heavy (non-hydrogen) atoms. The number of benzene rings is 1. The molecule has 0 saturated heterocycles. The molecule has 1 aromatic rings. The first kappa shape index (κ1) is 9.20. The molecule has 0 atom stereocenters. The van der Waals surface area contributed by atoms with Crippen LogP contribution in [0.25, 0.3) is 5.57 Å². The molecule has 0 heterocycles. The number of carbonyl (C=O) groups is 1. The second kappa shape index (κ2) is 4.23. The van der Waals surface area contributed by atoms with Gasteiger partial charge >= 0.3 is 0 Å². The van der Waals surface area contributed by atoms with Crippen LogP contribution in [0.15, 0.2) is 30.3 Å². The van der Waals surface area contributed by atoms with Crippen LogP contribution in [-0.2, 0) is 0 Å². The van der Waals surface area contributed by atoms with Crippen molar-refractivity contribution in [1.82, 2.24) is 0 Å². The molecular formula is C13H14O. The van der Waals surface area contributed by atoms with E-state index >= 15 is 0 Å². The Balaban J connectivity index is 2.39. The first-order chi connectivity index (χ1) is 6.92. The van der Waals surface area contributed by atoms with E-state index < -0.39 is 0 Å². The summed E-state index contributed by atoms with van der Waals surface area (Å²) >= 11 is 0. The Bertz CT molecular complexity index is 363.